The molecule has 1 aromatic rings. The zero-order valence-corrected chi connectivity index (χ0v) is 15.9. The summed E-state index contributed by atoms with van der Waals surface area (Å²) in [6, 6.07) is 6.41. The van der Waals surface area contributed by atoms with E-state index in [0.29, 0.717) is 10.6 Å². The lowest BCUT2D eigenvalue weighted by molar-refractivity contribution is -0.164. The standard InChI is InChI=1S/C17H21ClO6S/c1-4-23-15(19)17(16(20)24-5-2)13(14(17)25(21,22)6-3)11-7-9-12(18)10-8-11/h7-10,13-14H,4-6H2,1-3H3/t13-,14+/m0/s1. The third-order valence-corrected chi connectivity index (χ3v) is 6.85. The fourth-order valence-electron chi connectivity index (χ4n) is 3.20. The van der Waals surface area contributed by atoms with Gasteiger partial charge in [0.1, 0.15) is 0 Å². The van der Waals surface area contributed by atoms with Crippen LogP contribution in [0, 0.1) is 5.41 Å². The van der Waals surface area contributed by atoms with Gasteiger partial charge in [-0.3, -0.25) is 9.59 Å². The quantitative estimate of drug-likeness (QED) is 0.526. The molecule has 2 rings (SSSR count). The summed E-state index contributed by atoms with van der Waals surface area (Å²) >= 11 is 5.88. The van der Waals surface area contributed by atoms with E-state index in [4.69, 9.17) is 21.1 Å². The molecule has 1 aromatic carbocycles. The van der Waals surface area contributed by atoms with E-state index < -0.39 is 38.4 Å². The Morgan fingerprint density at radius 2 is 1.52 bits per heavy atom. The molecule has 1 aliphatic carbocycles. The minimum Gasteiger partial charge on any atom is -0.465 e. The van der Waals surface area contributed by atoms with Crippen molar-refractivity contribution >= 4 is 33.4 Å². The molecule has 1 aliphatic rings. The first-order valence-corrected chi connectivity index (χ1v) is 10.2. The first-order valence-electron chi connectivity index (χ1n) is 8.08. The Hall–Kier alpha value is -1.60. The molecule has 0 radical (unpaired) electrons. The molecule has 2 atom stereocenters. The van der Waals surface area contributed by atoms with Gasteiger partial charge in [-0.1, -0.05) is 30.7 Å². The van der Waals surface area contributed by atoms with Crippen LogP contribution in [0.5, 0.6) is 0 Å². The van der Waals surface area contributed by atoms with Crippen LogP contribution >= 0.6 is 11.6 Å². The predicted octanol–water partition coefficient (Wildman–Crippen LogP) is 2.35. The van der Waals surface area contributed by atoms with Crippen molar-refractivity contribution in [3.05, 3.63) is 34.9 Å². The molecule has 0 unspecified atom stereocenters. The summed E-state index contributed by atoms with van der Waals surface area (Å²) in [6.45, 7) is 4.74. The number of sulfone groups is 1. The summed E-state index contributed by atoms with van der Waals surface area (Å²) in [5.41, 5.74) is -1.33. The van der Waals surface area contributed by atoms with E-state index in [2.05, 4.69) is 0 Å². The smallest absolute Gasteiger partial charge is 0.325 e. The third kappa shape index (κ3) is 3.27. The maximum absolute atomic E-state index is 12.7. The van der Waals surface area contributed by atoms with Gasteiger partial charge in [0.15, 0.2) is 15.3 Å². The van der Waals surface area contributed by atoms with E-state index in [0.717, 1.165) is 0 Å². The Balaban J connectivity index is 2.61. The van der Waals surface area contributed by atoms with Crippen molar-refractivity contribution in [2.45, 2.75) is 31.9 Å². The minimum atomic E-state index is -3.70. The summed E-state index contributed by atoms with van der Waals surface area (Å²) < 4.78 is 35.3. The lowest BCUT2D eigenvalue weighted by Gasteiger charge is -2.15. The lowest BCUT2D eigenvalue weighted by atomic mass is 9.99. The SMILES string of the molecule is CCOC(=O)C1(C(=O)OCC)[C@H](S(=O)(=O)CC)[C@@H]1c1ccc(Cl)cc1. The van der Waals surface area contributed by atoms with Crippen LogP contribution in [0.25, 0.3) is 0 Å². The number of hydrogen-bond donors (Lipinski definition) is 0. The number of halogens is 1. The highest BCUT2D eigenvalue weighted by Crippen LogP contribution is 2.64. The van der Waals surface area contributed by atoms with Crippen LogP contribution in [0.1, 0.15) is 32.3 Å². The zero-order chi connectivity index (χ0) is 18.8. The molecule has 8 heteroatoms. The topological polar surface area (TPSA) is 86.7 Å². The number of carbonyl (C=O) groups is 2. The first kappa shape index (κ1) is 19.7. The molecule has 0 aliphatic heterocycles. The number of benzene rings is 1. The molecule has 1 saturated carbocycles. The largest absolute Gasteiger partial charge is 0.465 e. The van der Waals surface area contributed by atoms with E-state index in [1.165, 1.54) is 6.92 Å². The van der Waals surface area contributed by atoms with Crippen LogP contribution in [0.2, 0.25) is 5.02 Å². The van der Waals surface area contributed by atoms with Crippen molar-refractivity contribution in [1.82, 2.24) is 0 Å². The van der Waals surface area contributed by atoms with Crippen molar-refractivity contribution in [2.24, 2.45) is 5.41 Å². The van der Waals surface area contributed by atoms with Crippen LogP contribution in [0.4, 0.5) is 0 Å². The van der Waals surface area contributed by atoms with E-state index in [9.17, 15) is 18.0 Å². The van der Waals surface area contributed by atoms with Crippen molar-refractivity contribution in [2.75, 3.05) is 19.0 Å². The summed E-state index contributed by atoms with van der Waals surface area (Å²) in [4.78, 5) is 25.3. The van der Waals surface area contributed by atoms with Crippen molar-refractivity contribution in [3.8, 4) is 0 Å². The van der Waals surface area contributed by atoms with E-state index >= 15 is 0 Å². The molecule has 0 amide bonds. The van der Waals surface area contributed by atoms with Gasteiger partial charge >= 0.3 is 11.9 Å². The molecule has 6 nitrogen and oxygen atoms in total. The Kier molecular flexibility index (Phi) is 5.79. The maximum atomic E-state index is 12.7. The van der Waals surface area contributed by atoms with Gasteiger partial charge in [-0.15, -0.1) is 0 Å². The highest BCUT2D eigenvalue weighted by molar-refractivity contribution is 7.92. The molecular weight excluding hydrogens is 368 g/mol. The minimum absolute atomic E-state index is 0.0339. The molecule has 138 valence electrons. The Bertz CT molecular complexity index is 738. The average Bonchev–Trinajstić information content (AvgIpc) is 3.28. The maximum Gasteiger partial charge on any atom is 0.325 e. The number of ether oxygens (including phenoxy) is 2. The van der Waals surface area contributed by atoms with Gasteiger partial charge in [-0.25, -0.2) is 8.42 Å². The van der Waals surface area contributed by atoms with E-state index in [-0.39, 0.29) is 19.0 Å². The van der Waals surface area contributed by atoms with Gasteiger partial charge in [0.05, 0.1) is 18.5 Å². The van der Waals surface area contributed by atoms with Gasteiger partial charge in [0, 0.05) is 16.7 Å². The molecule has 0 bridgehead atoms. The van der Waals surface area contributed by atoms with Gasteiger partial charge in [0.2, 0.25) is 0 Å². The molecule has 0 spiro atoms. The summed E-state index contributed by atoms with van der Waals surface area (Å²) in [5.74, 6) is -2.78. The summed E-state index contributed by atoms with van der Waals surface area (Å²) in [6.07, 6.45) is 0. The predicted molar refractivity (Wildman–Crippen MR) is 93.1 cm³/mol. The molecule has 0 heterocycles. The van der Waals surface area contributed by atoms with Crippen molar-refractivity contribution in [3.63, 3.8) is 0 Å². The average molecular weight is 389 g/mol. The summed E-state index contributed by atoms with van der Waals surface area (Å²) in [7, 11) is -3.70. The second-order valence-corrected chi connectivity index (χ2v) is 8.56. The third-order valence-electron chi connectivity index (χ3n) is 4.38. The van der Waals surface area contributed by atoms with E-state index in [1.807, 2.05) is 0 Å². The normalized spacial score (nSPS) is 21.4. The number of hydrogen-bond acceptors (Lipinski definition) is 6. The zero-order valence-electron chi connectivity index (χ0n) is 14.3. The fourth-order valence-corrected chi connectivity index (χ4v) is 5.30. The molecular formula is C17H21ClO6S. The highest BCUT2D eigenvalue weighted by Gasteiger charge is 2.81. The van der Waals surface area contributed by atoms with Gasteiger partial charge in [-0.2, -0.15) is 0 Å². The number of esters is 2. The lowest BCUT2D eigenvalue weighted by Crippen LogP contribution is -2.36. The number of carbonyl (C=O) groups excluding carboxylic acids is 2. The van der Waals surface area contributed by atoms with Crippen molar-refractivity contribution in [1.29, 1.82) is 0 Å². The Morgan fingerprint density at radius 1 is 1.04 bits per heavy atom. The first-order chi connectivity index (χ1) is 11.8. The Morgan fingerprint density at radius 3 is 1.92 bits per heavy atom. The molecule has 1 fully saturated rings. The van der Waals surface area contributed by atoms with E-state index in [1.54, 1.807) is 38.1 Å². The van der Waals surface area contributed by atoms with Crippen LogP contribution in [0.3, 0.4) is 0 Å². The van der Waals surface area contributed by atoms with Crippen LogP contribution in [0.15, 0.2) is 24.3 Å². The van der Waals surface area contributed by atoms with Gasteiger partial charge in [0.25, 0.3) is 0 Å². The van der Waals surface area contributed by atoms with Crippen molar-refractivity contribution < 1.29 is 27.5 Å². The second-order valence-electron chi connectivity index (χ2n) is 5.71. The molecule has 25 heavy (non-hydrogen) atoms. The van der Waals surface area contributed by atoms with Gasteiger partial charge in [-0.05, 0) is 31.5 Å². The van der Waals surface area contributed by atoms with Crippen LogP contribution < -0.4 is 0 Å². The second kappa shape index (κ2) is 7.33. The van der Waals surface area contributed by atoms with Gasteiger partial charge < -0.3 is 9.47 Å². The fraction of sp³-hybridized carbons (Fsp3) is 0.529. The van der Waals surface area contributed by atoms with Crippen LogP contribution in [-0.4, -0.2) is 44.6 Å². The molecule has 0 N–H and O–H groups in total. The Labute approximate surface area is 152 Å². The van der Waals surface area contributed by atoms with Crippen LogP contribution in [-0.2, 0) is 28.9 Å². The highest BCUT2D eigenvalue weighted by atomic mass is 35.5. The monoisotopic (exact) mass is 388 g/mol. The summed E-state index contributed by atoms with van der Waals surface area (Å²) in [5, 5.41) is -0.735. The molecule has 0 aromatic heterocycles. The molecule has 0 saturated heterocycles. The number of rotatable bonds is 7.